The summed E-state index contributed by atoms with van der Waals surface area (Å²) in [6.07, 6.45) is 5.97. The molecule has 1 aromatic rings. The van der Waals surface area contributed by atoms with Gasteiger partial charge in [0.2, 0.25) is 0 Å². The summed E-state index contributed by atoms with van der Waals surface area (Å²) in [5, 5.41) is 12.1. The molecule has 1 aliphatic heterocycles. The van der Waals surface area contributed by atoms with Crippen molar-refractivity contribution in [2.75, 3.05) is 24.6 Å². The van der Waals surface area contributed by atoms with Crippen LogP contribution in [-0.2, 0) is 0 Å². The summed E-state index contributed by atoms with van der Waals surface area (Å²) in [6.45, 7) is 3.81. The van der Waals surface area contributed by atoms with Crippen LogP contribution >= 0.6 is 0 Å². The van der Waals surface area contributed by atoms with Crippen LogP contribution in [0.4, 0.5) is 5.82 Å². The molecular formula is C15H23N3O2. The minimum Gasteiger partial charge on any atom is -0.394 e. The molecule has 1 amide bonds. The lowest BCUT2D eigenvalue weighted by Gasteiger charge is -2.29. The highest BCUT2D eigenvalue weighted by molar-refractivity contribution is 5.99. The molecule has 5 nitrogen and oxygen atoms in total. The predicted octanol–water partition coefficient (Wildman–Crippen LogP) is 1.57. The standard InChI is InChI=1S/C15H23N3O2/c1-2-12(11-19)17-15(20)13-7-6-8-16-14(13)18-9-4-3-5-10-18/h6-8,12,19H,2-5,9-11H2,1H3,(H,17,20). The first-order valence-corrected chi connectivity index (χ1v) is 7.38. The Morgan fingerprint density at radius 3 is 2.85 bits per heavy atom. The highest BCUT2D eigenvalue weighted by Gasteiger charge is 2.20. The molecule has 0 bridgehead atoms. The van der Waals surface area contributed by atoms with Crippen molar-refractivity contribution in [1.82, 2.24) is 10.3 Å². The minimum absolute atomic E-state index is 0.0401. The van der Waals surface area contributed by atoms with Gasteiger partial charge in [-0.25, -0.2) is 4.98 Å². The lowest BCUT2D eigenvalue weighted by molar-refractivity contribution is 0.0915. The SMILES string of the molecule is CCC(CO)NC(=O)c1cccnc1N1CCCCC1. The summed E-state index contributed by atoms with van der Waals surface area (Å²) in [4.78, 5) is 18.9. The Hall–Kier alpha value is -1.62. The molecule has 0 saturated carbocycles. The van der Waals surface area contributed by atoms with Gasteiger partial charge in [-0.1, -0.05) is 6.92 Å². The average molecular weight is 277 g/mol. The summed E-state index contributed by atoms with van der Waals surface area (Å²) in [5.74, 6) is 0.608. The Bertz CT molecular complexity index is 440. The van der Waals surface area contributed by atoms with E-state index >= 15 is 0 Å². The Morgan fingerprint density at radius 1 is 1.45 bits per heavy atom. The van der Waals surface area contributed by atoms with E-state index in [1.54, 1.807) is 18.3 Å². The van der Waals surface area contributed by atoms with Gasteiger partial charge >= 0.3 is 0 Å². The van der Waals surface area contributed by atoms with Crippen LogP contribution in [-0.4, -0.2) is 41.7 Å². The van der Waals surface area contributed by atoms with Gasteiger partial charge < -0.3 is 15.3 Å². The van der Waals surface area contributed by atoms with Crippen molar-refractivity contribution in [3.05, 3.63) is 23.9 Å². The zero-order valence-electron chi connectivity index (χ0n) is 12.0. The molecule has 2 heterocycles. The number of piperidine rings is 1. The molecule has 0 spiro atoms. The van der Waals surface area contributed by atoms with Crippen molar-refractivity contribution in [2.45, 2.75) is 38.6 Å². The first kappa shape index (κ1) is 14.8. The molecule has 0 radical (unpaired) electrons. The van der Waals surface area contributed by atoms with E-state index < -0.39 is 0 Å². The van der Waals surface area contributed by atoms with E-state index in [1.165, 1.54) is 6.42 Å². The van der Waals surface area contributed by atoms with Crippen LogP contribution in [0.3, 0.4) is 0 Å². The first-order chi connectivity index (χ1) is 9.76. The molecule has 110 valence electrons. The Balaban J connectivity index is 2.16. The highest BCUT2D eigenvalue weighted by atomic mass is 16.3. The maximum atomic E-state index is 12.3. The lowest BCUT2D eigenvalue weighted by Crippen LogP contribution is -2.39. The third kappa shape index (κ3) is 3.48. The number of rotatable bonds is 5. The van der Waals surface area contributed by atoms with Gasteiger partial charge in [0, 0.05) is 19.3 Å². The summed E-state index contributed by atoms with van der Waals surface area (Å²) in [5.41, 5.74) is 0.598. The van der Waals surface area contributed by atoms with Gasteiger partial charge in [0.1, 0.15) is 5.82 Å². The van der Waals surface area contributed by atoms with E-state index in [0.29, 0.717) is 12.0 Å². The zero-order chi connectivity index (χ0) is 14.4. The molecule has 0 aromatic carbocycles. The fraction of sp³-hybridized carbons (Fsp3) is 0.600. The fourth-order valence-electron chi connectivity index (χ4n) is 2.47. The van der Waals surface area contributed by atoms with Crippen LogP contribution in [0.15, 0.2) is 18.3 Å². The zero-order valence-corrected chi connectivity index (χ0v) is 12.0. The summed E-state index contributed by atoms with van der Waals surface area (Å²) in [7, 11) is 0. The van der Waals surface area contributed by atoms with Crippen LogP contribution in [0.2, 0.25) is 0 Å². The Morgan fingerprint density at radius 2 is 2.20 bits per heavy atom. The van der Waals surface area contributed by atoms with Crippen molar-refractivity contribution in [1.29, 1.82) is 0 Å². The molecule has 1 unspecified atom stereocenters. The first-order valence-electron chi connectivity index (χ1n) is 7.38. The number of hydrogen-bond donors (Lipinski definition) is 2. The third-order valence-electron chi connectivity index (χ3n) is 3.74. The molecule has 1 fully saturated rings. The van der Waals surface area contributed by atoms with Crippen LogP contribution < -0.4 is 10.2 Å². The summed E-state index contributed by atoms with van der Waals surface area (Å²) < 4.78 is 0. The predicted molar refractivity (Wildman–Crippen MR) is 78.9 cm³/mol. The largest absolute Gasteiger partial charge is 0.394 e. The maximum Gasteiger partial charge on any atom is 0.255 e. The topological polar surface area (TPSA) is 65.5 Å². The molecule has 1 saturated heterocycles. The normalized spacial score (nSPS) is 16.8. The number of anilines is 1. The second-order valence-corrected chi connectivity index (χ2v) is 5.18. The highest BCUT2D eigenvalue weighted by Crippen LogP contribution is 2.21. The average Bonchev–Trinajstić information content (AvgIpc) is 2.53. The Kier molecular flexibility index (Phi) is 5.35. The number of amides is 1. The summed E-state index contributed by atoms with van der Waals surface area (Å²) >= 11 is 0. The number of aliphatic hydroxyl groups is 1. The van der Waals surface area contributed by atoms with Crippen molar-refractivity contribution in [2.24, 2.45) is 0 Å². The Labute approximate surface area is 120 Å². The lowest BCUT2D eigenvalue weighted by atomic mass is 10.1. The fourth-order valence-corrected chi connectivity index (χ4v) is 2.47. The van der Waals surface area contributed by atoms with E-state index in [9.17, 15) is 9.90 Å². The molecular weight excluding hydrogens is 254 g/mol. The van der Waals surface area contributed by atoms with Gasteiger partial charge in [-0.3, -0.25) is 4.79 Å². The van der Waals surface area contributed by atoms with Crippen molar-refractivity contribution >= 4 is 11.7 Å². The number of hydrogen-bond acceptors (Lipinski definition) is 4. The number of aromatic nitrogens is 1. The molecule has 2 rings (SSSR count). The van der Waals surface area contributed by atoms with Crippen LogP contribution in [0, 0.1) is 0 Å². The van der Waals surface area contributed by atoms with E-state index in [0.717, 1.165) is 31.7 Å². The third-order valence-corrected chi connectivity index (χ3v) is 3.74. The number of pyridine rings is 1. The van der Waals surface area contributed by atoms with Gasteiger partial charge in [0.15, 0.2) is 0 Å². The maximum absolute atomic E-state index is 12.3. The van der Waals surface area contributed by atoms with Crippen molar-refractivity contribution < 1.29 is 9.90 Å². The van der Waals surface area contributed by atoms with Gasteiger partial charge in [-0.2, -0.15) is 0 Å². The quantitative estimate of drug-likeness (QED) is 0.857. The molecule has 1 aliphatic rings. The van der Waals surface area contributed by atoms with Gasteiger partial charge in [-0.05, 0) is 37.8 Å². The number of aliphatic hydroxyl groups excluding tert-OH is 1. The summed E-state index contributed by atoms with van der Waals surface area (Å²) in [6, 6.07) is 3.38. The molecule has 1 aromatic heterocycles. The number of nitrogens with zero attached hydrogens (tertiary/aromatic N) is 2. The van der Waals surface area contributed by atoms with E-state index in [-0.39, 0.29) is 18.6 Å². The number of nitrogens with one attached hydrogen (secondary N) is 1. The van der Waals surface area contributed by atoms with Crippen LogP contribution in [0.1, 0.15) is 43.0 Å². The monoisotopic (exact) mass is 277 g/mol. The van der Waals surface area contributed by atoms with E-state index in [2.05, 4.69) is 15.2 Å². The molecule has 0 aliphatic carbocycles. The molecule has 1 atom stereocenters. The smallest absolute Gasteiger partial charge is 0.255 e. The van der Waals surface area contributed by atoms with Gasteiger partial charge in [-0.15, -0.1) is 0 Å². The van der Waals surface area contributed by atoms with Crippen molar-refractivity contribution in [3.8, 4) is 0 Å². The molecule has 5 heteroatoms. The molecule has 2 N–H and O–H groups in total. The second kappa shape index (κ2) is 7.24. The minimum atomic E-state index is -0.197. The van der Waals surface area contributed by atoms with Crippen molar-refractivity contribution in [3.63, 3.8) is 0 Å². The van der Waals surface area contributed by atoms with Gasteiger partial charge in [0.25, 0.3) is 5.91 Å². The second-order valence-electron chi connectivity index (χ2n) is 5.18. The van der Waals surface area contributed by atoms with Gasteiger partial charge in [0.05, 0.1) is 18.2 Å². The molecule has 20 heavy (non-hydrogen) atoms. The van der Waals surface area contributed by atoms with Crippen LogP contribution in [0.5, 0.6) is 0 Å². The van der Waals surface area contributed by atoms with E-state index in [4.69, 9.17) is 0 Å². The van der Waals surface area contributed by atoms with E-state index in [1.807, 2.05) is 6.92 Å². The number of carbonyl (C=O) groups is 1. The van der Waals surface area contributed by atoms with Crippen LogP contribution in [0.25, 0.3) is 0 Å². The number of carbonyl (C=O) groups excluding carboxylic acids is 1.